The Hall–Kier alpha value is -1.00. The van der Waals surface area contributed by atoms with Gasteiger partial charge >= 0.3 is 0 Å². The number of halogens is 2. The van der Waals surface area contributed by atoms with Crippen LogP contribution in [0.15, 0.2) is 18.2 Å². The highest BCUT2D eigenvalue weighted by Crippen LogP contribution is 2.16. The van der Waals surface area contributed by atoms with E-state index in [0.717, 1.165) is 13.0 Å². The third kappa shape index (κ3) is 5.97. The average molecular weight is 285 g/mol. The molecule has 0 amide bonds. The van der Waals surface area contributed by atoms with E-state index in [0.29, 0.717) is 6.61 Å². The van der Waals surface area contributed by atoms with Crippen LogP contribution in [0.2, 0.25) is 0 Å². The van der Waals surface area contributed by atoms with Gasteiger partial charge in [0.1, 0.15) is 11.6 Å². The minimum Gasteiger partial charge on any atom is -0.374 e. The van der Waals surface area contributed by atoms with Gasteiger partial charge < -0.3 is 10.1 Å². The van der Waals surface area contributed by atoms with E-state index < -0.39 is 11.6 Å². The fraction of sp³-hybridized carbons (Fsp3) is 0.625. The molecule has 1 aromatic carbocycles. The highest BCUT2D eigenvalue weighted by atomic mass is 19.1. The molecule has 0 saturated carbocycles. The zero-order valence-corrected chi connectivity index (χ0v) is 12.8. The Morgan fingerprint density at radius 3 is 2.30 bits per heavy atom. The Bertz CT molecular complexity index is 395. The van der Waals surface area contributed by atoms with Crippen LogP contribution in [0.25, 0.3) is 0 Å². The lowest BCUT2D eigenvalue weighted by Crippen LogP contribution is -2.39. The van der Waals surface area contributed by atoms with E-state index in [4.69, 9.17) is 4.74 Å². The summed E-state index contributed by atoms with van der Waals surface area (Å²) in [4.78, 5) is 0. The van der Waals surface area contributed by atoms with Gasteiger partial charge in [-0.2, -0.15) is 0 Å². The number of ether oxygens (including phenoxy) is 1. The van der Waals surface area contributed by atoms with Crippen molar-refractivity contribution in [2.75, 3.05) is 13.2 Å². The monoisotopic (exact) mass is 285 g/mol. The van der Waals surface area contributed by atoms with E-state index in [1.807, 2.05) is 20.8 Å². The Morgan fingerprint density at radius 1 is 1.20 bits per heavy atom. The molecule has 0 radical (unpaired) electrons. The van der Waals surface area contributed by atoms with Gasteiger partial charge in [-0.3, -0.25) is 0 Å². The van der Waals surface area contributed by atoms with Crippen molar-refractivity contribution in [3.63, 3.8) is 0 Å². The van der Waals surface area contributed by atoms with Crippen LogP contribution in [0, 0.1) is 11.6 Å². The van der Waals surface area contributed by atoms with Crippen molar-refractivity contribution >= 4 is 0 Å². The molecule has 1 rings (SSSR count). The first-order valence-corrected chi connectivity index (χ1v) is 7.13. The highest BCUT2D eigenvalue weighted by Gasteiger charge is 2.18. The summed E-state index contributed by atoms with van der Waals surface area (Å²) in [5.41, 5.74) is -0.140. The van der Waals surface area contributed by atoms with Crippen LogP contribution < -0.4 is 5.32 Å². The minimum absolute atomic E-state index is 0.0967. The molecular formula is C16H25F2NO. The molecule has 0 heterocycles. The molecule has 4 heteroatoms. The molecule has 0 aliphatic heterocycles. The van der Waals surface area contributed by atoms with Gasteiger partial charge in [-0.05, 0) is 52.3 Å². The molecule has 114 valence electrons. The predicted octanol–water partition coefficient (Wildman–Crippen LogP) is 3.69. The van der Waals surface area contributed by atoms with Crippen molar-refractivity contribution in [1.82, 2.24) is 5.32 Å². The number of nitrogens with one attached hydrogen (secondary N) is 1. The molecule has 1 N–H and O–H groups in total. The maximum Gasteiger partial charge on any atom is 0.129 e. The summed E-state index contributed by atoms with van der Waals surface area (Å²) in [5.74, 6) is -0.992. The summed E-state index contributed by atoms with van der Waals surface area (Å²) >= 11 is 0. The average Bonchev–Trinajstić information content (AvgIpc) is 2.35. The third-order valence-electron chi connectivity index (χ3n) is 2.91. The number of benzene rings is 1. The lowest BCUT2D eigenvalue weighted by molar-refractivity contribution is -0.0144. The molecule has 0 saturated heterocycles. The van der Waals surface area contributed by atoms with Gasteiger partial charge in [0.25, 0.3) is 0 Å². The third-order valence-corrected chi connectivity index (χ3v) is 2.91. The molecule has 0 aliphatic rings. The summed E-state index contributed by atoms with van der Waals surface area (Å²) in [6.45, 7) is 9.18. The van der Waals surface area contributed by atoms with Gasteiger partial charge in [0, 0.05) is 11.6 Å². The molecule has 0 aliphatic carbocycles. The molecule has 1 unspecified atom stereocenters. The van der Waals surface area contributed by atoms with Gasteiger partial charge in [0.2, 0.25) is 0 Å². The maximum atomic E-state index is 13.7. The summed E-state index contributed by atoms with van der Waals surface area (Å²) in [7, 11) is 0. The predicted molar refractivity (Wildman–Crippen MR) is 77.8 cm³/mol. The van der Waals surface area contributed by atoms with E-state index in [9.17, 15) is 8.78 Å². The van der Waals surface area contributed by atoms with Crippen molar-refractivity contribution in [3.8, 4) is 0 Å². The Morgan fingerprint density at radius 2 is 1.80 bits per heavy atom. The number of hydrogen-bond donors (Lipinski definition) is 1. The zero-order chi connectivity index (χ0) is 15.2. The Kier molecular flexibility index (Phi) is 6.56. The lowest BCUT2D eigenvalue weighted by Gasteiger charge is -2.25. The second-order valence-corrected chi connectivity index (χ2v) is 5.98. The topological polar surface area (TPSA) is 21.3 Å². The van der Waals surface area contributed by atoms with Gasteiger partial charge in [0.15, 0.2) is 0 Å². The van der Waals surface area contributed by atoms with Gasteiger partial charge in [-0.25, -0.2) is 8.78 Å². The molecule has 0 spiro atoms. The Labute approximate surface area is 120 Å². The van der Waals surface area contributed by atoms with Crippen molar-refractivity contribution in [3.05, 3.63) is 35.4 Å². The lowest BCUT2D eigenvalue weighted by atomic mass is 10.0. The second kappa shape index (κ2) is 7.70. The van der Waals surface area contributed by atoms with Crippen molar-refractivity contribution in [2.45, 2.75) is 52.2 Å². The first-order chi connectivity index (χ1) is 9.33. The summed E-state index contributed by atoms with van der Waals surface area (Å²) < 4.78 is 33.1. The molecule has 1 atom stereocenters. The van der Waals surface area contributed by atoms with E-state index in [-0.39, 0.29) is 23.6 Å². The molecule has 0 bridgehead atoms. The largest absolute Gasteiger partial charge is 0.374 e. The van der Waals surface area contributed by atoms with Crippen LogP contribution in [-0.4, -0.2) is 24.8 Å². The quantitative estimate of drug-likeness (QED) is 0.825. The van der Waals surface area contributed by atoms with E-state index in [1.54, 1.807) is 0 Å². The normalized spacial score (nSPS) is 13.5. The smallest absolute Gasteiger partial charge is 0.129 e. The van der Waals surface area contributed by atoms with Crippen molar-refractivity contribution < 1.29 is 13.5 Å². The van der Waals surface area contributed by atoms with E-state index in [2.05, 4.69) is 12.2 Å². The van der Waals surface area contributed by atoms with Crippen molar-refractivity contribution in [2.24, 2.45) is 0 Å². The van der Waals surface area contributed by atoms with Crippen molar-refractivity contribution in [1.29, 1.82) is 0 Å². The summed E-state index contributed by atoms with van der Waals surface area (Å²) in [5, 5.41) is 3.29. The van der Waals surface area contributed by atoms with Crippen LogP contribution in [0.3, 0.4) is 0 Å². The summed E-state index contributed by atoms with van der Waals surface area (Å²) in [6, 6.07) is 3.87. The van der Waals surface area contributed by atoms with Gasteiger partial charge in [0.05, 0.1) is 12.2 Å². The highest BCUT2D eigenvalue weighted by molar-refractivity contribution is 5.20. The fourth-order valence-corrected chi connectivity index (χ4v) is 1.86. The zero-order valence-electron chi connectivity index (χ0n) is 12.8. The van der Waals surface area contributed by atoms with Crippen LogP contribution in [0.4, 0.5) is 8.78 Å². The first-order valence-electron chi connectivity index (χ1n) is 7.13. The van der Waals surface area contributed by atoms with Gasteiger partial charge in [-0.15, -0.1) is 0 Å². The van der Waals surface area contributed by atoms with Crippen LogP contribution in [0.5, 0.6) is 0 Å². The summed E-state index contributed by atoms with van der Waals surface area (Å²) in [6.07, 6.45) is 1.25. The second-order valence-electron chi connectivity index (χ2n) is 5.98. The molecule has 0 fully saturated rings. The Balaban J connectivity index is 2.73. The maximum absolute atomic E-state index is 13.7. The number of rotatable bonds is 7. The van der Waals surface area contributed by atoms with E-state index >= 15 is 0 Å². The fourth-order valence-electron chi connectivity index (χ4n) is 1.86. The van der Waals surface area contributed by atoms with Crippen LogP contribution >= 0.6 is 0 Å². The molecule has 0 aromatic heterocycles. The molecule has 20 heavy (non-hydrogen) atoms. The number of hydrogen-bond acceptors (Lipinski definition) is 2. The van der Waals surface area contributed by atoms with Crippen LogP contribution in [-0.2, 0) is 11.2 Å². The first kappa shape index (κ1) is 17.1. The molecular weight excluding hydrogens is 260 g/mol. The van der Waals surface area contributed by atoms with Crippen LogP contribution in [0.1, 0.15) is 39.7 Å². The van der Waals surface area contributed by atoms with E-state index in [1.165, 1.54) is 18.2 Å². The molecule has 2 nitrogen and oxygen atoms in total. The standard InChI is InChI=1S/C16H25F2NO/c1-5-9-19-12(11-20-16(2,3)4)10-13-14(17)7-6-8-15(13)18/h6-8,12,19H,5,9-11H2,1-4H3. The minimum atomic E-state index is -0.496. The SMILES string of the molecule is CCCNC(COC(C)(C)C)Cc1c(F)cccc1F. The molecule has 1 aromatic rings. The van der Waals surface area contributed by atoms with Gasteiger partial charge in [-0.1, -0.05) is 13.0 Å².